The van der Waals surface area contributed by atoms with Gasteiger partial charge in [0.25, 0.3) is 5.91 Å². The van der Waals surface area contributed by atoms with Crippen molar-refractivity contribution in [2.24, 2.45) is 16.0 Å². The number of amidine groups is 2. The lowest BCUT2D eigenvalue weighted by Gasteiger charge is -2.20. The number of amides is 1. The van der Waals surface area contributed by atoms with E-state index in [-0.39, 0.29) is 17.3 Å². The van der Waals surface area contributed by atoms with Crippen LogP contribution in [0, 0.1) is 11.3 Å². The zero-order chi connectivity index (χ0) is 23.5. The Labute approximate surface area is 205 Å². The van der Waals surface area contributed by atoms with E-state index in [0.717, 1.165) is 10.6 Å². The Hall–Kier alpha value is -2.91. The molecule has 0 radical (unpaired) electrons. The number of hydrazone groups is 1. The van der Waals surface area contributed by atoms with Crippen LogP contribution in [0.5, 0.6) is 11.5 Å². The number of rotatable bonds is 7. The summed E-state index contributed by atoms with van der Waals surface area (Å²) in [5.41, 5.74) is 1.89. The lowest BCUT2D eigenvalue weighted by atomic mass is 10.1. The van der Waals surface area contributed by atoms with Gasteiger partial charge in [-0.15, -0.1) is 0 Å². The molecule has 0 atom stereocenters. The van der Waals surface area contributed by atoms with E-state index >= 15 is 0 Å². The molecule has 0 unspecified atom stereocenters. The quantitative estimate of drug-likeness (QED) is 0.467. The molecule has 0 spiro atoms. The molecule has 2 aromatic carbocycles. The second-order valence-electron chi connectivity index (χ2n) is 7.65. The van der Waals surface area contributed by atoms with Crippen molar-refractivity contribution in [2.75, 3.05) is 6.61 Å². The highest BCUT2D eigenvalue weighted by atomic mass is 79.9. The second-order valence-corrected chi connectivity index (χ2v) is 9.49. The first-order valence-electron chi connectivity index (χ1n) is 10.5. The van der Waals surface area contributed by atoms with Crippen LogP contribution in [-0.4, -0.2) is 33.6 Å². The Morgan fingerprint density at radius 1 is 1.21 bits per heavy atom. The number of fused-ring (bicyclic) bond motifs is 1. The molecule has 1 amide bonds. The molecule has 0 aliphatic carbocycles. The summed E-state index contributed by atoms with van der Waals surface area (Å²) in [7, 11) is 0. The van der Waals surface area contributed by atoms with E-state index in [1.807, 2.05) is 57.2 Å². The SMILES string of the molecule is CCOc1cc(C=C2C(=N)N3N=C(C(C)C)SC3=NC2=O)cc(Br)c1OCc1ccccc1. The van der Waals surface area contributed by atoms with Crippen LogP contribution in [0.1, 0.15) is 31.9 Å². The van der Waals surface area contributed by atoms with Gasteiger partial charge in [0.1, 0.15) is 11.7 Å². The zero-order valence-electron chi connectivity index (χ0n) is 18.5. The van der Waals surface area contributed by atoms with Crippen LogP contribution >= 0.6 is 27.7 Å². The predicted molar refractivity (Wildman–Crippen MR) is 136 cm³/mol. The Kier molecular flexibility index (Phi) is 6.99. The van der Waals surface area contributed by atoms with Crippen LogP contribution in [0.2, 0.25) is 0 Å². The molecule has 4 rings (SSSR count). The number of nitrogens with one attached hydrogen (secondary N) is 1. The number of hydrogen-bond acceptors (Lipinski definition) is 6. The van der Waals surface area contributed by atoms with Gasteiger partial charge in [-0.1, -0.05) is 44.2 Å². The van der Waals surface area contributed by atoms with Gasteiger partial charge >= 0.3 is 0 Å². The largest absolute Gasteiger partial charge is 0.490 e. The lowest BCUT2D eigenvalue weighted by molar-refractivity contribution is -0.114. The summed E-state index contributed by atoms with van der Waals surface area (Å²) < 4.78 is 12.5. The lowest BCUT2D eigenvalue weighted by Crippen LogP contribution is -2.35. The van der Waals surface area contributed by atoms with E-state index in [2.05, 4.69) is 26.0 Å². The Morgan fingerprint density at radius 2 is 1.97 bits per heavy atom. The summed E-state index contributed by atoms with van der Waals surface area (Å²) in [6.45, 7) is 6.77. The number of hydrogen-bond donors (Lipinski definition) is 1. The number of nitrogens with zero attached hydrogens (tertiary/aromatic N) is 3. The van der Waals surface area contributed by atoms with Crippen molar-refractivity contribution in [2.45, 2.75) is 27.4 Å². The highest BCUT2D eigenvalue weighted by molar-refractivity contribution is 9.10. The third kappa shape index (κ3) is 5.04. The zero-order valence-corrected chi connectivity index (χ0v) is 20.9. The molecule has 170 valence electrons. The van der Waals surface area contributed by atoms with Crippen LogP contribution in [-0.2, 0) is 11.4 Å². The normalized spacial score (nSPS) is 16.8. The monoisotopic (exact) mass is 526 g/mol. The first kappa shape index (κ1) is 23.3. The van der Waals surface area contributed by atoms with Crippen LogP contribution in [0.25, 0.3) is 6.08 Å². The number of aliphatic imine (C=N–C) groups is 1. The molecule has 2 heterocycles. The van der Waals surface area contributed by atoms with Crippen LogP contribution in [0.3, 0.4) is 0 Å². The molecule has 0 bridgehead atoms. The van der Waals surface area contributed by atoms with Crippen molar-refractivity contribution in [3.8, 4) is 11.5 Å². The second kappa shape index (κ2) is 9.93. The number of benzene rings is 2. The maximum Gasteiger partial charge on any atom is 0.283 e. The molecule has 33 heavy (non-hydrogen) atoms. The highest BCUT2D eigenvalue weighted by Gasteiger charge is 2.36. The van der Waals surface area contributed by atoms with Gasteiger partial charge in [0.05, 0.1) is 16.7 Å². The molecular formula is C24H23BrN4O3S. The van der Waals surface area contributed by atoms with E-state index in [4.69, 9.17) is 14.9 Å². The third-order valence-electron chi connectivity index (χ3n) is 4.83. The molecule has 1 N–H and O–H groups in total. The minimum Gasteiger partial charge on any atom is -0.490 e. The summed E-state index contributed by atoms with van der Waals surface area (Å²) in [5.74, 6) is 0.858. The van der Waals surface area contributed by atoms with E-state index < -0.39 is 5.91 Å². The molecule has 2 aliphatic rings. The van der Waals surface area contributed by atoms with E-state index in [9.17, 15) is 4.79 Å². The molecule has 7 nitrogen and oxygen atoms in total. The van der Waals surface area contributed by atoms with E-state index in [1.165, 1.54) is 16.8 Å². The van der Waals surface area contributed by atoms with Crippen molar-refractivity contribution in [1.82, 2.24) is 5.01 Å². The van der Waals surface area contributed by atoms with Gasteiger partial charge in [-0.3, -0.25) is 10.2 Å². The molecular weight excluding hydrogens is 504 g/mol. The number of ether oxygens (including phenoxy) is 2. The van der Waals surface area contributed by atoms with Crippen LogP contribution in [0.4, 0.5) is 0 Å². The number of thioether (sulfide) groups is 1. The third-order valence-corrected chi connectivity index (χ3v) is 6.63. The van der Waals surface area contributed by atoms with Gasteiger partial charge in [0.2, 0.25) is 5.17 Å². The van der Waals surface area contributed by atoms with E-state index in [0.29, 0.717) is 39.9 Å². The first-order valence-corrected chi connectivity index (χ1v) is 12.1. The van der Waals surface area contributed by atoms with E-state index in [1.54, 1.807) is 12.1 Å². The smallest absolute Gasteiger partial charge is 0.283 e. The van der Waals surface area contributed by atoms with Crippen molar-refractivity contribution < 1.29 is 14.3 Å². The summed E-state index contributed by atoms with van der Waals surface area (Å²) in [6, 6.07) is 13.5. The Balaban J connectivity index is 1.64. The molecule has 2 aromatic rings. The summed E-state index contributed by atoms with van der Waals surface area (Å²) in [6.07, 6.45) is 1.63. The van der Waals surface area contributed by atoms with Crippen LogP contribution < -0.4 is 9.47 Å². The molecule has 2 aliphatic heterocycles. The molecule has 0 fully saturated rings. The van der Waals surface area contributed by atoms with Crippen molar-refractivity contribution in [3.05, 3.63) is 63.6 Å². The standard InChI is InChI=1S/C24H23BrN4O3S/c1-4-31-19-12-16(11-18(25)20(19)32-13-15-8-6-5-7-9-15)10-17-21(26)29-24(27-22(17)30)33-23(28-29)14(2)3/h5-12,14,26H,4,13H2,1-3H3. The number of halogens is 1. The predicted octanol–water partition coefficient (Wildman–Crippen LogP) is 5.70. The van der Waals surface area contributed by atoms with Crippen molar-refractivity contribution in [1.29, 1.82) is 5.41 Å². The summed E-state index contributed by atoms with van der Waals surface area (Å²) >= 11 is 4.90. The molecule has 0 aromatic heterocycles. The number of carbonyl (C=O) groups is 1. The minimum atomic E-state index is -0.461. The molecule has 9 heteroatoms. The Morgan fingerprint density at radius 3 is 2.67 bits per heavy atom. The van der Waals surface area contributed by atoms with Gasteiger partial charge < -0.3 is 9.47 Å². The van der Waals surface area contributed by atoms with Crippen molar-refractivity contribution in [3.63, 3.8) is 0 Å². The Bertz CT molecular complexity index is 1190. The fourth-order valence-corrected chi connectivity index (χ4v) is 4.68. The average molecular weight is 527 g/mol. The summed E-state index contributed by atoms with van der Waals surface area (Å²) in [5, 5.41) is 15.7. The summed E-state index contributed by atoms with van der Waals surface area (Å²) in [4.78, 5) is 16.8. The number of carbonyl (C=O) groups excluding carboxylic acids is 1. The van der Waals surface area contributed by atoms with Gasteiger partial charge in [-0.05, 0) is 64.0 Å². The molecule has 0 saturated carbocycles. The minimum absolute atomic E-state index is 0.00614. The van der Waals surface area contributed by atoms with Crippen molar-refractivity contribution >= 4 is 55.7 Å². The van der Waals surface area contributed by atoms with Gasteiger partial charge in [0.15, 0.2) is 17.3 Å². The fourth-order valence-electron chi connectivity index (χ4n) is 3.21. The van der Waals surface area contributed by atoms with Gasteiger partial charge in [0, 0.05) is 5.92 Å². The maximum atomic E-state index is 12.7. The topological polar surface area (TPSA) is 87.3 Å². The maximum absolute atomic E-state index is 12.7. The van der Waals surface area contributed by atoms with Crippen LogP contribution in [0.15, 0.2) is 62.6 Å². The van der Waals surface area contributed by atoms with Gasteiger partial charge in [-0.25, -0.2) is 0 Å². The average Bonchev–Trinajstić information content (AvgIpc) is 3.21. The first-order chi connectivity index (χ1) is 15.9. The van der Waals surface area contributed by atoms with Gasteiger partial charge in [-0.2, -0.15) is 15.1 Å². The molecule has 0 saturated heterocycles. The fraction of sp³-hybridized carbons (Fsp3) is 0.250. The highest BCUT2D eigenvalue weighted by Crippen LogP contribution is 2.38.